The molecule has 0 aliphatic carbocycles. The van der Waals surface area contributed by atoms with Crippen molar-refractivity contribution in [2.24, 2.45) is 0 Å². The first-order valence-electron chi connectivity index (χ1n) is 10.3. The van der Waals surface area contributed by atoms with Crippen LogP contribution in [0, 0.1) is 0 Å². The van der Waals surface area contributed by atoms with E-state index in [4.69, 9.17) is 9.84 Å². The van der Waals surface area contributed by atoms with Crippen LogP contribution in [0.2, 0.25) is 0 Å². The third-order valence-electron chi connectivity index (χ3n) is 5.53. The van der Waals surface area contributed by atoms with E-state index in [1.807, 2.05) is 64.2 Å². The molecule has 7 nitrogen and oxygen atoms in total. The summed E-state index contributed by atoms with van der Waals surface area (Å²) in [7, 11) is 1.65. The first-order chi connectivity index (χ1) is 15.0. The van der Waals surface area contributed by atoms with Gasteiger partial charge in [-0.15, -0.1) is 0 Å². The molecule has 1 N–H and O–H groups in total. The van der Waals surface area contributed by atoms with E-state index >= 15 is 0 Å². The summed E-state index contributed by atoms with van der Waals surface area (Å²) >= 11 is 0. The molecule has 7 heteroatoms. The van der Waals surface area contributed by atoms with Gasteiger partial charge in [-0.3, -0.25) is 14.3 Å². The zero-order chi connectivity index (χ0) is 21.8. The lowest BCUT2D eigenvalue weighted by Crippen LogP contribution is -2.39. The molecule has 1 amide bonds. The Morgan fingerprint density at radius 1 is 1.03 bits per heavy atom. The van der Waals surface area contributed by atoms with Gasteiger partial charge in [0.2, 0.25) is 5.91 Å². The SMILES string of the molecule is COc1ccc(-c2ccc(CC(=O)N3CCn4nc(CCC(=O)O)cc4C3)cc2)cc1. The molecule has 0 bridgehead atoms. The number of carboxylic acids is 1. The summed E-state index contributed by atoms with van der Waals surface area (Å²) < 4.78 is 7.08. The zero-order valence-electron chi connectivity index (χ0n) is 17.5. The van der Waals surface area contributed by atoms with Gasteiger partial charge in [0.1, 0.15) is 5.75 Å². The Hall–Kier alpha value is -3.61. The summed E-state index contributed by atoms with van der Waals surface area (Å²) in [4.78, 5) is 25.4. The number of amides is 1. The van der Waals surface area contributed by atoms with Gasteiger partial charge < -0.3 is 14.7 Å². The second-order valence-corrected chi connectivity index (χ2v) is 7.66. The number of aromatic nitrogens is 2. The number of benzene rings is 2. The van der Waals surface area contributed by atoms with Crippen molar-refractivity contribution in [1.82, 2.24) is 14.7 Å². The van der Waals surface area contributed by atoms with Gasteiger partial charge in [-0.1, -0.05) is 36.4 Å². The number of rotatable bonds is 7. The van der Waals surface area contributed by atoms with Gasteiger partial charge in [0, 0.05) is 13.0 Å². The number of aliphatic carboxylic acids is 1. The third kappa shape index (κ3) is 4.94. The summed E-state index contributed by atoms with van der Waals surface area (Å²) in [5.74, 6) is 0.0698. The molecule has 0 spiro atoms. The largest absolute Gasteiger partial charge is 0.497 e. The van der Waals surface area contributed by atoms with Crippen LogP contribution >= 0.6 is 0 Å². The first kappa shape index (κ1) is 20.7. The predicted molar refractivity (Wildman–Crippen MR) is 116 cm³/mol. The molecule has 4 rings (SSSR count). The van der Waals surface area contributed by atoms with Crippen LogP contribution < -0.4 is 4.74 Å². The summed E-state index contributed by atoms with van der Waals surface area (Å²) in [5, 5.41) is 13.3. The standard InChI is InChI=1S/C24H25N3O4/c1-31-22-9-6-19(7-10-22)18-4-2-17(3-5-18)14-23(28)26-12-13-27-21(16-26)15-20(25-27)8-11-24(29)30/h2-7,9-10,15H,8,11-14,16H2,1H3,(H,29,30). The Bertz CT molecular complexity index is 1070. The number of aryl methyl sites for hydroxylation is 1. The number of methoxy groups -OCH3 is 1. The molecule has 2 aromatic carbocycles. The monoisotopic (exact) mass is 419 g/mol. The van der Waals surface area contributed by atoms with Crippen molar-refractivity contribution in [3.63, 3.8) is 0 Å². The molecule has 0 fully saturated rings. The molecule has 31 heavy (non-hydrogen) atoms. The van der Waals surface area contributed by atoms with Crippen LogP contribution in [0.1, 0.15) is 23.4 Å². The molecule has 0 atom stereocenters. The average molecular weight is 419 g/mol. The number of carbonyl (C=O) groups is 2. The van der Waals surface area contributed by atoms with E-state index in [-0.39, 0.29) is 12.3 Å². The molecule has 2 heterocycles. The zero-order valence-corrected chi connectivity index (χ0v) is 17.5. The Labute approximate surface area is 180 Å². The van der Waals surface area contributed by atoms with E-state index < -0.39 is 5.97 Å². The molecule has 1 aromatic heterocycles. The van der Waals surface area contributed by atoms with E-state index in [0.717, 1.165) is 33.8 Å². The maximum Gasteiger partial charge on any atom is 0.303 e. The van der Waals surface area contributed by atoms with Crippen molar-refractivity contribution in [3.8, 4) is 16.9 Å². The smallest absolute Gasteiger partial charge is 0.303 e. The lowest BCUT2D eigenvalue weighted by Gasteiger charge is -2.27. The van der Waals surface area contributed by atoms with E-state index in [1.54, 1.807) is 7.11 Å². The number of nitrogens with zero attached hydrogens (tertiary/aromatic N) is 3. The molecule has 0 saturated heterocycles. The van der Waals surface area contributed by atoms with Crippen LogP contribution in [-0.2, 0) is 35.5 Å². The van der Waals surface area contributed by atoms with Gasteiger partial charge in [0.25, 0.3) is 0 Å². The Kier molecular flexibility index (Phi) is 6.02. The lowest BCUT2D eigenvalue weighted by atomic mass is 10.0. The van der Waals surface area contributed by atoms with Gasteiger partial charge in [-0.05, 0) is 34.9 Å². The normalized spacial score (nSPS) is 13.0. The van der Waals surface area contributed by atoms with Crippen LogP contribution in [0.25, 0.3) is 11.1 Å². The highest BCUT2D eigenvalue weighted by molar-refractivity contribution is 5.79. The molecule has 0 saturated carbocycles. The van der Waals surface area contributed by atoms with E-state index in [1.165, 1.54) is 0 Å². The third-order valence-corrected chi connectivity index (χ3v) is 5.53. The minimum absolute atomic E-state index is 0.0611. The molecular formula is C24H25N3O4. The van der Waals surface area contributed by atoms with Gasteiger partial charge in [0.05, 0.1) is 44.4 Å². The predicted octanol–water partition coefficient (Wildman–Crippen LogP) is 3.16. The Morgan fingerprint density at radius 3 is 2.35 bits per heavy atom. The summed E-state index contributed by atoms with van der Waals surface area (Å²) in [6, 6.07) is 17.9. The van der Waals surface area contributed by atoms with Crippen LogP contribution in [-0.4, -0.2) is 45.3 Å². The van der Waals surface area contributed by atoms with Gasteiger partial charge >= 0.3 is 5.97 Å². The fraction of sp³-hybridized carbons (Fsp3) is 0.292. The average Bonchev–Trinajstić information content (AvgIpc) is 3.20. The summed E-state index contributed by atoms with van der Waals surface area (Å²) in [6.07, 6.45) is 0.818. The summed E-state index contributed by atoms with van der Waals surface area (Å²) in [6.45, 7) is 1.74. The first-order valence-corrected chi connectivity index (χ1v) is 10.3. The van der Waals surface area contributed by atoms with Crippen LogP contribution in [0.3, 0.4) is 0 Å². The minimum Gasteiger partial charge on any atom is -0.497 e. The Morgan fingerprint density at radius 2 is 1.71 bits per heavy atom. The van der Waals surface area contributed by atoms with Gasteiger partial charge in [0.15, 0.2) is 0 Å². The number of hydrogen-bond donors (Lipinski definition) is 1. The van der Waals surface area contributed by atoms with Crippen molar-refractivity contribution in [1.29, 1.82) is 0 Å². The molecule has 0 unspecified atom stereocenters. The lowest BCUT2D eigenvalue weighted by molar-refractivity contribution is -0.137. The highest BCUT2D eigenvalue weighted by Gasteiger charge is 2.22. The van der Waals surface area contributed by atoms with Crippen molar-refractivity contribution < 1.29 is 19.4 Å². The number of hydrogen-bond acceptors (Lipinski definition) is 4. The van der Waals surface area contributed by atoms with E-state index in [2.05, 4.69) is 5.10 Å². The molecular weight excluding hydrogens is 394 g/mol. The molecule has 3 aromatic rings. The van der Waals surface area contributed by atoms with Crippen molar-refractivity contribution in [2.45, 2.75) is 32.4 Å². The molecule has 160 valence electrons. The fourth-order valence-corrected chi connectivity index (χ4v) is 3.78. The molecule has 1 aliphatic rings. The maximum absolute atomic E-state index is 12.8. The highest BCUT2D eigenvalue weighted by atomic mass is 16.5. The minimum atomic E-state index is -0.833. The second kappa shape index (κ2) is 9.04. The highest BCUT2D eigenvalue weighted by Crippen LogP contribution is 2.23. The van der Waals surface area contributed by atoms with Gasteiger partial charge in [-0.2, -0.15) is 5.10 Å². The van der Waals surface area contributed by atoms with Gasteiger partial charge in [-0.25, -0.2) is 0 Å². The number of carboxylic acid groups (broad SMARTS) is 1. The van der Waals surface area contributed by atoms with Crippen LogP contribution in [0.4, 0.5) is 0 Å². The van der Waals surface area contributed by atoms with E-state index in [9.17, 15) is 9.59 Å². The number of carbonyl (C=O) groups excluding carboxylic acids is 1. The van der Waals surface area contributed by atoms with E-state index in [0.29, 0.717) is 32.5 Å². The molecule has 0 radical (unpaired) electrons. The van der Waals surface area contributed by atoms with Crippen LogP contribution in [0.5, 0.6) is 5.75 Å². The number of fused-ring (bicyclic) bond motifs is 1. The van der Waals surface area contributed by atoms with Crippen molar-refractivity contribution in [2.75, 3.05) is 13.7 Å². The quantitative estimate of drug-likeness (QED) is 0.636. The van der Waals surface area contributed by atoms with Crippen LogP contribution in [0.15, 0.2) is 54.6 Å². The number of ether oxygens (including phenoxy) is 1. The van der Waals surface area contributed by atoms with Crippen molar-refractivity contribution >= 4 is 11.9 Å². The Balaban J connectivity index is 1.36. The maximum atomic E-state index is 12.8. The van der Waals surface area contributed by atoms with Crippen molar-refractivity contribution in [3.05, 3.63) is 71.5 Å². The second-order valence-electron chi connectivity index (χ2n) is 7.66. The molecule has 1 aliphatic heterocycles. The summed E-state index contributed by atoms with van der Waals surface area (Å²) in [5.41, 5.74) is 4.88. The topological polar surface area (TPSA) is 84.7 Å². The fourth-order valence-electron chi connectivity index (χ4n) is 3.78.